The Morgan fingerprint density at radius 3 is 2.76 bits per heavy atom. The summed E-state index contributed by atoms with van der Waals surface area (Å²) in [5, 5.41) is 3.18. The summed E-state index contributed by atoms with van der Waals surface area (Å²) in [6.45, 7) is 5.35. The van der Waals surface area contributed by atoms with Crippen molar-refractivity contribution in [3.8, 4) is 0 Å². The summed E-state index contributed by atoms with van der Waals surface area (Å²) in [6.07, 6.45) is 1.51. The van der Waals surface area contributed by atoms with Crippen molar-refractivity contribution in [3.05, 3.63) is 38.8 Å². The number of halogens is 1. The van der Waals surface area contributed by atoms with Gasteiger partial charge in [0.25, 0.3) is 10.0 Å². The van der Waals surface area contributed by atoms with Crippen LogP contribution in [0, 0.1) is 6.92 Å². The monoisotopic (exact) mass is 389 g/mol. The Kier molecular flexibility index (Phi) is 5.37. The molecule has 0 fully saturated rings. The molecule has 0 saturated heterocycles. The molecule has 0 spiro atoms. The number of hydrogen-bond acceptors (Lipinski definition) is 5. The van der Waals surface area contributed by atoms with E-state index in [0.29, 0.717) is 16.0 Å². The van der Waals surface area contributed by atoms with Crippen LogP contribution in [0.25, 0.3) is 0 Å². The zero-order valence-corrected chi connectivity index (χ0v) is 14.9. The lowest BCUT2D eigenvalue weighted by Gasteiger charge is -2.06. The Morgan fingerprint density at radius 1 is 1.38 bits per heavy atom. The SMILES string of the molecule is CCNCc1cc(S(=O)(=O)Nc2ccc(C)nc2)c(Br)s1. The van der Waals surface area contributed by atoms with E-state index < -0.39 is 10.0 Å². The van der Waals surface area contributed by atoms with Crippen LogP contribution in [-0.2, 0) is 16.6 Å². The highest BCUT2D eigenvalue weighted by atomic mass is 79.9. The summed E-state index contributed by atoms with van der Waals surface area (Å²) in [5.74, 6) is 0. The van der Waals surface area contributed by atoms with E-state index in [0.717, 1.165) is 17.1 Å². The second kappa shape index (κ2) is 6.87. The van der Waals surface area contributed by atoms with Gasteiger partial charge in [0.2, 0.25) is 0 Å². The molecule has 21 heavy (non-hydrogen) atoms. The van der Waals surface area contributed by atoms with Crippen LogP contribution < -0.4 is 10.0 Å². The van der Waals surface area contributed by atoms with Crippen LogP contribution >= 0.6 is 27.3 Å². The number of nitrogens with zero attached hydrogens (tertiary/aromatic N) is 1. The molecule has 0 aliphatic rings. The lowest BCUT2D eigenvalue weighted by molar-refractivity contribution is 0.601. The van der Waals surface area contributed by atoms with Gasteiger partial charge in [-0.15, -0.1) is 11.3 Å². The third kappa shape index (κ3) is 4.26. The second-order valence-electron chi connectivity index (χ2n) is 4.42. The fourth-order valence-corrected chi connectivity index (χ4v) is 5.35. The summed E-state index contributed by atoms with van der Waals surface area (Å²) in [6, 6.07) is 5.14. The standard InChI is InChI=1S/C13H16BrN3O2S2/c1-3-15-8-11-6-12(13(14)20-11)21(18,19)17-10-5-4-9(2)16-7-10/h4-7,15,17H,3,8H2,1-2H3. The Hall–Kier alpha value is -0.960. The number of aryl methyl sites for hydroxylation is 1. The Morgan fingerprint density at radius 2 is 2.14 bits per heavy atom. The minimum atomic E-state index is -3.62. The fraction of sp³-hybridized carbons (Fsp3) is 0.308. The summed E-state index contributed by atoms with van der Waals surface area (Å²) in [7, 11) is -3.62. The van der Waals surface area contributed by atoms with Crippen LogP contribution in [0.4, 0.5) is 5.69 Å². The molecule has 2 aromatic heterocycles. The van der Waals surface area contributed by atoms with Crippen LogP contribution in [0.2, 0.25) is 0 Å². The molecule has 5 nitrogen and oxygen atoms in total. The first-order chi connectivity index (χ1) is 9.92. The van der Waals surface area contributed by atoms with Gasteiger partial charge in [-0.25, -0.2) is 8.42 Å². The first kappa shape index (κ1) is 16.4. The highest BCUT2D eigenvalue weighted by Gasteiger charge is 2.21. The number of nitrogens with one attached hydrogen (secondary N) is 2. The molecule has 0 atom stereocenters. The van der Waals surface area contributed by atoms with Gasteiger partial charge in [0.05, 0.1) is 15.7 Å². The predicted octanol–water partition coefficient (Wildman–Crippen LogP) is 3.12. The number of pyridine rings is 1. The Balaban J connectivity index is 2.22. The molecule has 0 aliphatic heterocycles. The minimum absolute atomic E-state index is 0.251. The van der Waals surface area contributed by atoms with E-state index in [9.17, 15) is 8.42 Å². The van der Waals surface area contributed by atoms with Crippen LogP contribution in [0.5, 0.6) is 0 Å². The molecular formula is C13H16BrN3O2S2. The van der Waals surface area contributed by atoms with Crippen molar-refractivity contribution >= 4 is 43.0 Å². The Labute approximate surface area is 137 Å². The van der Waals surface area contributed by atoms with E-state index >= 15 is 0 Å². The van der Waals surface area contributed by atoms with E-state index in [2.05, 4.69) is 31.0 Å². The van der Waals surface area contributed by atoms with Gasteiger partial charge < -0.3 is 5.32 Å². The quantitative estimate of drug-likeness (QED) is 0.795. The highest BCUT2D eigenvalue weighted by Crippen LogP contribution is 2.32. The van der Waals surface area contributed by atoms with Gasteiger partial charge >= 0.3 is 0 Å². The number of hydrogen-bond donors (Lipinski definition) is 2. The summed E-state index contributed by atoms with van der Waals surface area (Å²) in [4.78, 5) is 5.29. The third-order valence-electron chi connectivity index (χ3n) is 2.71. The van der Waals surface area contributed by atoms with Gasteiger partial charge in [0, 0.05) is 17.1 Å². The van der Waals surface area contributed by atoms with E-state index in [1.807, 2.05) is 13.8 Å². The van der Waals surface area contributed by atoms with Gasteiger partial charge in [-0.3, -0.25) is 9.71 Å². The molecule has 0 bridgehead atoms. The van der Waals surface area contributed by atoms with E-state index in [-0.39, 0.29) is 4.90 Å². The molecule has 0 saturated carbocycles. The average Bonchev–Trinajstić information content (AvgIpc) is 2.81. The fourth-order valence-electron chi connectivity index (χ4n) is 1.65. The van der Waals surface area contributed by atoms with Crippen molar-refractivity contribution in [2.24, 2.45) is 0 Å². The molecule has 0 aromatic carbocycles. The maximum atomic E-state index is 12.4. The zero-order chi connectivity index (χ0) is 15.5. The van der Waals surface area contributed by atoms with Crippen molar-refractivity contribution < 1.29 is 8.42 Å². The number of sulfonamides is 1. The summed E-state index contributed by atoms with van der Waals surface area (Å²) >= 11 is 4.74. The molecule has 2 heterocycles. The van der Waals surface area contributed by atoms with E-state index in [4.69, 9.17) is 0 Å². The maximum Gasteiger partial charge on any atom is 0.263 e. The molecule has 2 rings (SSSR count). The lowest BCUT2D eigenvalue weighted by Crippen LogP contribution is -2.13. The molecule has 2 aromatic rings. The average molecular weight is 390 g/mol. The zero-order valence-electron chi connectivity index (χ0n) is 11.7. The van der Waals surface area contributed by atoms with Gasteiger partial charge in [-0.05, 0) is 47.6 Å². The van der Waals surface area contributed by atoms with Gasteiger partial charge in [-0.1, -0.05) is 6.92 Å². The molecule has 8 heteroatoms. The number of anilines is 1. The third-order valence-corrected chi connectivity index (χ3v) is 6.34. The Bertz CT molecular complexity index is 712. The van der Waals surface area contributed by atoms with Crippen LogP contribution in [0.1, 0.15) is 17.5 Å². The maximum absolute atomic E-state index is 12.4. The van der Waals surface area contributed by atoms with E-state index in [1.54, 1.807) is 18.2 Å². The molecule has 0 unspecified atom stereocenters. The first-order valence-electron chi connectivity index (χ1n) is 6.37. The first-order valence-corrected chi connectivity index (χ1v) is 9.46. The predicted molar refractivity (Wildman–Crippen MR) is 89.2 cm³/mol. The van der Waals surface area contributed by atoms with Crippen molar-refractivity contribution in [1.82, 2.24) is 10.3 Å². The number of aromatic nitrogens is 1. The van der Waals surface area contributed by atoms with E-state index in [1.165, 1.54) is 17.5 Å². The molecule has 0 radical (unpaired) electrons. The van der Waals surface area contributed by atoms with Crippen molar-refractivity contribution in [2.75, 3.05) is 11.3 Å². The summed E-state index contributed by atoms with van der Waals surface area (Å²) < 4.78 is 28.0. The van der Waals surface area contributed by atoms with Crippen molar-refractivity contribution in [1.29, 1.82) is 0 Å². The largest absolute Gasteiger partial charge is 0.312 e. The molecule has 0 amide bonds. The van der Waals surface area contributed by atoms with Gasteiger partial charge in [-0.2, -0.15) is 0 Å². The highest BCUT2D eigenvalue weighted by molar-refractivity contribution is 9.11. The minimum Gasteiger partial charge on any atom is -0.312 e. The number of rotatable bonds is 6. The van der Waals surface area contributed by atoms with Gasteiger partial charge in [0.1, 0.15) is 4.90 Å². The van der Waals surface area contributed by atoms with Crippen molar-refractivity contribution in [2.45, 2.75) is 25.3 Å². The van der Waals surface area contributed by atoms with Crippen molar-refractivity contribution in [3.63, 3.8) is 0 Å². The molecular weight excluding hydrogens is 374 g/mol. The second-order valence-corrected chi connectivity index (χ2v) is 8.53. The molecule has 0 aliphatic carbocycles. The van der Waals surface area contributed by atoms with Crippen LogP contribution in [-0.4, -0.2) is 19.9 Å². The summed E-state index contributed by atoms with van der Waals surface area (Å²) in [5.41, 5.74) is 1.29. The molecule has 2 N–H and O–H groups in total. The number of thiophene rings is 1. The van der Waals surface area contributed by atoms with Crippen LogP contribution in [0.3, 0.4) is 0 Å². The van der Waals surface area contributed by atoms with Gasteiger partial charge in [0.15, 0.2) is 0 Å². The topological polar surface area (TPSA) is 71.1 Å². The molecule has 114 valence electrons. The van der Waals surface area contributed by atoms with Crippen LogP contribution in [0.15, 0.2) is 33.1 Å². The lowest BCUT2D eigenvalue weighted by atomic mass is 10.4. The normalized spacial score (nSPS) is 11.6. The smallest absolute Gasteiger partial charge is 0.263 e.